The second-order valence-electron chi connectivity index (χ2n) is 5.92. The van der Waals surface area contributed by atoms with Gasteiger partial charge >= 0.3 is 0 Å². The van der Waals surface area contributed by atoms with Crippen LogP contribution in [0.25, 0.3) is 0 Å². The third-order valence-corrected chi connectivity index (χ3v) is 4.84. The Kier molecular flexibility index (Phi) is 4.87. The van der Waals surface area contributed by atoms with Crippen LogP contribution in [0.15, 0.2) is 0 Å². The van der Waals surface area contributed by atoms with Gasteiger partial charge < -0.3 is 5.32 Å². The molecule has 0 radical (unpaired) electrons. The third kappa shape index (κ3) is 2.85. The highest BCUT2D eigenvalue weighted by molar-refractivity contribution is 4.99. The molecule has 2 rings (SSSR count). The lowest BCUT2D eigenvalue weighted by molar-refractivity contribution is 0.0656. The summed E-state index contributed by atoms with van der Waals surface area (Å²) >= 11 is 0. The van der Waals surface area contributed by atoms with E-state index in [1.54, 1.807) is 0 Å². The lowest BCUT2D eigenvalue weighted by Gasteiger charge is -2.43. The first-order valence-electron chi connectivity index (χ1n) is 7.80. The molecule has 2 nitrogen and oxygen atoms in total. The van der Waals surface area contributed by atoms with Crippen LogP contribution in [0.2, 0.25) is 0 Å². The van der Waals surface area contributed by atoms with Gasteiger partial charge in [0.2, 0.25) is 0 Å². The van der Waals surface area contributed by atoms with Crippen LogP contribution in [0.1, 0.15) is 65.7 Å². The number of piperidine rings is 1. The summed E-state index contributed by atoms with van der Waals surface area (Å²) in [5, 5.41) is 3.74. The molecule has 2 atom stereocenters. The Hall–Kier alpha value is -0.0800. The molecule has 2 bridgehead atoms. The first-order valence-corrected chi connectivity index (χ1v) is 7.80. The van der Waals surface area contributed by atoms with E-state index in [1.165, 1.54) is 51.5 Å². The van der Waals surface area contributed by atoms with Crippen molar-refractivity contribution in [1.82, 2.24) is 10.2 Å². The molecule has 0 spiro atoms. The first kappa shape index (κ1) is 13.4. The Bertz CT molecular complexity index is 211. The topological polar surface area (TPSA) is 15.3 Å². The van der Waals surface area contributed by atoms with Gasteiger partial charge in [-0.2, -0.15) is 0 Å². The van der Waals surface area contributed by atoms with Crippen LogP contribution in [-0.2, 0) is 0 Å². The molecule has 2 heteroatoms. The van der Waals surface area contributed by atoms with Crippen molar-refractivity contribution in [3.8, 4) is 0 Å². The summed E-state index contributed by atoms with van der Waals surface area (Å²) in [6, 6.07) is 3.42. The highest BCUT2D eigenvalue weighted by atomic mass is 15.3. The number of hydrogen-bond acceptors (Lipinski definition) is 2. The molecule has 2 fully saturated rings. The minimum atomic E-state index is 0.804. The van der Waals surface area contributed by atoms with Crippen molar-refractivity contribution >= 4 is 0 Å². The van der Waals surface area contributed by atoms with Crippen LogP contribution < -0.4 is 5.32 Å². The number of nitrogens with one attached hydrogen (secondary N) is 1. The fourth-order valence-corrected chi connectivity index (χ4v) is 4.03. The summed E-state index contributed by atoms with van der Waals surface area (Å²) in [4.78, 5) is 2.88. The van der Waals surface area contributed by atoms with Crippen LogP contribution in [-0.4, -0.2) is 35.6 Å². The Morgan fingerprint density at radius 2 is 1.65 bits per heavy atom. The molecule has 0 aliphatic carbocycles. The molecule has 2 heterocycles. The van der Waals surface area contributed by atoms with Crippen LogP contribution in [0.3, 0.4) is 0 Å². The summed E-state index contributed by atoms with van der Waals surface area (Å²) in [5.74, 6) is 0. The molecule has 0 aromatic rings. The van der Waals surface area contributed by atoms with E-state index >= 15 is 0 Å². The fraction of sp³-hybridized carbons (Fsp3) is 1.00. The third-order valence-electron chi connectivity index (χ3n) is 4.84. The maximum atomic E-state index is 3.74. The second-order valence-corrected chi connectivity index (χ2v) is 5.92. The van der Waals surface area contributed by atoms with Crippen LogP contribution in [0, 0.1) is 0 Å². The molecular weight excluding hydrogens is 208 g/mol. The Morgan fingerprint density at radius 3 is 2.12 bits per heavy atom. The van der Waals surface area contributed by atoms with Gasteiger partial charge in [-0.05, 0) is 51.5 Å². The van der Waals surface area contributed by atoms with Gasteiger partial charge in [0.25, 0.3) is 0 Å². The van der Waals surface area contributed by atoms with Gasteiger partial charge in [0.05, 0.1) is 0 Å². The zero-order valence-corrected chi connectivity index (χ0v) is 11.9. The van der Waals surface area contributed by atoms with E-state index in [2.05, 4.69) is 31.0 Å². The molecular formula is C15H30N2. The fourth-order valence-electron chi connectivity index (χ4n) is 4.03. The standard InChI is InChI=1S/C15H30N2/c1-4-9-16-12-10-14-7-8-15(11-12)17(14)13(5-2)6-3/h12-16H,4-11H2,1-3H3. The van der Waals surface area contributed by atoms with Crippen molar-refractivity contribution in [2.24, 2.45) is 0 Å². The van der Waals surface area contributed by atoms with Gasteiger partial charge in [-0.1, -0.05) is 20.8 Å². The minimum absolute atomic E-state index is 0.804. The lowest BCUT2D eigenvalue weighted by Crippen LogP contribution is -2.52. The van der Waals surface area contributed by atoms with E-state index in [9.17, 15) is 0 Å². The monoisotopic (exact) mass is 238 g/mol. The number of hydrogen-bond donors (Lipinski definition) is 1. The van der Waals surface area contributed by atoms with Crippen molar-refractivity contribution in [3.63, 3.8) is 0 Å². The summed E-state index contributed by atoms with van der Waals surface area (Å²) in [7, 11) is 0. The first-order chi connectivity index (χ1) is 8.30. The van der Waals surface area contributed by atoms with E-state index in [-0.39, 0.29) is 0 Å². The molecule has 2 aliphatic rings. The summed E-state index contributed by atoms with van der Waals surface area (Å²) < 4.78 is 0. The van der Waals surface area contributed by atoms with Gasteiger partial charge in [-0.15, -0.1) is 0 Å². The molecule has 17 heavy (non-hydrogen) atoms. The SMILES string of the molecule is CCCNC1CC2CCC(C1)N2C(CC)CC. The number of rotatable bonds is 6. The molecule has 0 aromatic carbocycles. The predicted molar refractivity (Wildman–Crippen MR) is 74.3 cm³/mol. The van der Waals surface area contributed by atoms with Crippen LogP contribution in [0.4, 0.5) is 0 Å². The molecule has 2 unspecified atom stereocenters. The minimum Gasteiger partial charge on any atom is -0.314 e. The normalized spacial score (nSPS) is 33.5. The van der Waals surface area contributed by atoms with Gasteiger partial charge in [-0.3, -0.25) is 4.90 Å². The summed E-state index contributed by atoms with van der Waals surface area (Å²) in [6.07, 6.45) is 9.62. The van der Waals surface area contributed by atoms with E-state index in [4.69, 9.17) is 0 Å². The molecule has 0 saturated carbocycles. The molecule has 0 aromatic heterocycles. The lowest BCUT2D eigenvalue weighted by atomic mass is 9.94. The highest BCUT2D eigenvalue weighted by Crippen LogP contribution is 2.38. The largest absolute Gasteiger partial charge is 0.314 e. The van der Waals surface area contributed by atoms with Crippen molar-refractivity contribution in [2.75, 3.05) is 6.54 Å². The molecule has 2 saturated heterocycles. The zero-order valence-electron chi connectivity index (χ0n) is 11.9. The molecule has 0 amide bonds. The summed E-state index contributed by atoms with van der Waals surface area (Å²) in [5.41, 5.74) is 0. The van der Waals surface area contributed by atoms with Crippen molar-refractivity contribution < 1.29 is 0 Å². The Morgan fingerprint density at radius 1 is 1.06 bits per heavy atom. The molecule has 100 valence electrons. The van der Waals surface area contributed by atoms with E-state index in [1.807, 2.05) is 0 Å². The smallest absolute Gasteiger partial charge is 0.0116 e. The number of nitrogens with zero attached hydrogens (tertiary/aromatic N) is 1. The quantitative estimate of drug-likeness (QED) is 0.764. The van der Waals surface area contributed by atoms with E-state index in [0.29, 0.717) is 0 Å². The zero-order chi connectivity index (χ0) is 12.3. The molecule has 2 aliphatic heterocycles. The maximum Gasteiger partial charge on any atom is 0.0116 e. The average molecular weight is 238 g/mol. The highest BCUT2D eigenvalue weighted by Gasteiger charge is 2.42. The van der Waals surface area contributed by atoms with Crippen molar-refractivity contribution in [3.05, 3.63) is 0 Å². The van der Waals surface area contributed by atoms with Crippen LogP contribution in [0.5, 0.6) is 0 Å². The van der Waals surface area contributed by atoms with Crippen molar-refractivity contribution in [2.45, 2.75) is 89.9 Å². The van der Waals surface area contributed by atoms with Gasteiger partial charge in [0.15, 0.2) is 0 Å². The van der Waals surface area contributed by atoms with Crippen molar-refractivity contribution in [1.29, 1.82) is 0 Å². The van der Waals surface area contributed by atoms with E-state index in [0.717, 1.165) is 24.2 Å². The maximum absolute atomic E-state index is 3.74. The van der Waals surface area contributed by atoms with Crippen LogP contribution >= 0.6 is 0 Å². The number of fused-ring (bicyclic) bond motifs is 2. The van der Waals surface area contributed by atoms with E-state index < -0.39 is 0 Å². The summed E-state index contributed by atoms with van der Waals surface area (Å²) in [6.45, 7) is 8.18. The van der Waals surface area contributed by atoms with Gasteiger partial charge in [0, 0.05) is 24.2 Å². The van der Waals surface area contributed by atoms with Gasteiger partial charge in [-0.25, -0.2) is 0 Å². The Labute approximate surface area is 107 Å². The predicted octanol–water partition coefficient (Wildman–Crippen LogP) is 3.17. The second kappa shape index (κ2) is 6.19. The average Bonchev–Trinajstić information content (AvgIpc) is 2.62. The van der Waals surface area contributed by atoms with Gasteiger partial charge in [0.1, 0.15) is 0 Å². The Balaban J connectivity index is 1.93. The molecule has 1 N–H and O–H groups in total.